The number of aryl methyl sites for hydroxylation is 1. The monoisotopic (exact) mass is 887 g/mol. The van der Waals surface area contributed by atoms with Gasteiger partial charge < -0.3 is 8.98 Å². The van der Waals surface area contributed by atoms with Gasteiger partial charge in [0.15, 0.2) is 0 Å². The number of benzene rings is 3. The van der Waals surface area contributed by atoms with Gasteiger partial charge in [0.2, 0.25) is 5.71 Å². The maximum Gasteiger partial charge on any atom is 0.433 e. The van der Waals surface area contributed by atoms with Crippen LogP contribution >= 0.6 is 0 Å². The Morgan fingerprint density at radius 2 is 1.65 bits per heavy atom. The molecule has 249 valence electrons. The van der Waals surface area contributed by atoms with Gasteiger partial charge in [0.25, 0.3) is 0 Å². The van der Waals surface area contributed by atoms with Crippen LogP contribution in [0.25, 0.3) is 55.7 Å². The van der Waals surface area contributed by atoms with Gasteiger partial charge in [-0.3, -0.25) is 4.98 Å². The minimum absolute atomic E-state index is 0. The zero-order valence-electron chi connectivity index (χ0n) is 27.5. The summed E-state index contributed by atoms with van der Waals surface area (Å²) in [6, 6.07) is 30.2. The SMILES string of the molecule is CC(C)Cc1cc(-c2[c-]cccc2)nc[c]1[Ge]([CH3])([CH3])[CH3].Cn1c(-c2[c-]ccc3c2oc2nc(C(F)(F)F)ccc23)nc2ccccc21.[Ir]. The number of hydrogen-bond acceptors (Lipinski definition) is 4. The second-order valence-corrected chi connectivity index (χ2v) is 23.7. The van der Waals surface area contributed by atoms with Crippen LogP contribution in [0.3, 0.4) is 0 Å². The molecule has 0 aliphatic carbocycles. The van der Waals surface area contributed by atoms with Gasteiger partial charge in [-0.2, -0.15) is 13.2 Å². The molecule has 0 saturated carbocycles. The molecule has 10 heteroatoms. The topological polar surface area (TPSA) is 56.7 Å². The summed E-state index contributed by atoms with van der Waals surface area (Å²) in [5.74, 6) is 8.62. The summed E-state index contributed by atoms with van der Waals surface area (Å²) in [5.41, 5.74) is 5.34. The largest absolute Gasteiger partial charge is 0.486 e. The van der Waals surface area contributed by atoms with Gasteiger partial charge in [-0.15, -0.1) is 18.2 Å². The minimum Gasteiger partial charge on any atom is -0.486 e. The first-order chi connectivity index (χ1) is 22.3. The molecule has 7 aromatic rings. The summed E-state index contributed by atoms with van der Waals surface area (Å²) in [6.07, 6.45) is -1.26. The van der Waals surface area contributed by atoms with Crippen LogP contribution in [0.1, 0.15) is 25.1 Å². The number of imidazole rings is 1. The van der Waals surface area contributed by atoms with Crippen LogP contribution in [0.2, 0.25) is 17.3 Å². The van der Waals surface area contributed by atoms with Crippen molar-refractivity contribution >= 4 is 50.8 Å². The molecule has 0 unspecified atom stereocenters. The van der Waals surface area contributed by atoms with Gasteiger partial charge >= 0.3 is 132 Å². The molecule has 1 radical (unpaired) electrons. The first-order valence-corrected chi connectivity index (χ1v) is 22.8. The van der Waals surface area contributed by atoms with Gasteiger partial charge in [0.1, 0.15) is 5.69 Å². The first-order valence-electron chi connectivity index (χ1n) is 15.5. The van der Waals surface area contributed by atoms with E-state index < -0.39 is 25.1 Å². The van der Waals surface area contributed by atoms with E-state index in [4.69, 9.17) is 9.40 Å². The number of furan rings is 1. The van der Waals surface area contributed by atoms with Crippen LogP contribution in [0.4, 0.5) is 13.2 Å². The maximum atomic E-state index is 13.0. The fourth-order valence-corrected chi connectivity index (χ4v) is 9.13. The standard InChI is InChI=1S/C20H11F3N3O.C18H24GeN.Ir/c1-26-15-8-3-2-7-14(15)24-18(26)13-6-4-5-11-12-9-10-16(20(21,22)23)25-19(12)27-17(11)13;1-14(2)11-16-12-18(15-9-7-6-8-10-15)20-13-17(16)19(3,4)5;/h2-5,7-10H,1H3;6-9,12-14H,11H2,1-5H3;/q2*-1;. The molecule has 0 atom stereocenters. The number of rotatable bonds is 5. The predicted octanol–water partition coefficient (Wildman–Crippen LogP) is 9.64. The smallest absolute Gasteiger partial charge is 0.433 e. The number of halogens is 3. The molecule has 0 aliphatic rings. The molecular formula is C38H35F3GeIrN4O-2. The van der Waals surface area contributed by atoms with E-state index in [0.717, 1.165) is 34.8 Å². The maximum absolute atomic E-state index is 13.0. The van der Waals surface area contributed by atoms with E-state index in [0.29, 0.717) is 33.7 Å². The molecule has 0 spiro atoms. The van der Waals surface area contributed by atoms with E-state index in [2.05, 4.69) is 71.5 Å². The molecule has 5 nitrogen and oxygen atoms in total. The van der Waals surface area contributed by atoms with Crippen molar-refractivity contribution in [2.24, 2.45) is 13.0 Å². The van der Waals surface area contributed by atoms with E-state index in [1.165, 1.54) is 11.6 Å². The van der Waals surface area contributed by atoms with Crippen molar-refractivity contribution in [3.8, 4) is 22.6 Å². The summed E-state index contributed by atoms with van der Waals surface area (Å²) in [7, 11) is 1.88. The second kappa shape index (κ2) is 14.0. The van der Waals surface area contributed by atoms with E-state index in [1.807, 2.05) is 54.1 Å². The summed E-state index contributed by atoms with van der Waals surface area (Å²) in [5, 5.41) is 1.19. The third-order valence-corrected chi connectivity index (χ3v) is 12.3. The zero-order chi connectivity index (χ0) is 33.5. The zero-order valence-corrected chi connectivity index (χ0v) is 32.0. The van der Waals surface area contributed by atoms with E-state index in [1.54, 1.807) is 16.5 Å². The quantitative estimate of drug-likeness (QED) is 0.128. The van der Waals surface area contributed by atoms with E-state index in [9.17, 15) is 13.2 Å². The Hall–Kier alpha value is -3.79. The van der Waals surface area contributed by atoms with Crippen molar-refractivity contribution in [1.29, 1.82) is 0 Å². The number of fused-ring (bicyclic) bond motifs is 4. The van der Waals surface area contributed by atoms with Crippen molar-refractivity contribution < 1.29 is 37.7 Å². The fraction of sp³-hybridized carbons (Fsp3) is 0.237. The molecule has 0 fully saturated rings. The van der Waals surface area contributed by atoms with Gasteiger partial charge in [-0.25, -0.2) is 4.98 Å². The van der Waals surface area contributed by atoms with Crippen LogP contribution in [0.5, 0.6) is 0 Å². The van der Waals surface area contributed by atoms with Crippen molar-refractivity contribution in [3.63, 3.8) is 0 Å². The average Bonchev–Trinajstić information content (AvgIpc) is 3.58. The Balaban J connectivity index is 0.000000193. The van der Waals surface area contributed by atoms with Gasteiger partial charge in [0, 0.05) is 32.5 Å². The number of para-hydroxylation sites is 2. The molecule has 3 aromatic carbocycles. The van der Waals surface area contributed by atoms with Gasteiger partial charge in [-0.05, 0) is 24.3 Å². The van der Waals surface area contributed by atoms with Gasteiger partial charge in [0.05, 0.1) is 22.4 Å². The van der Waals surface area contributed by atoms with Crippen LogP contribution < -0.4 is 4.40 Å². The minimum atomic E-state index is -4.53. The third kappa shape index (κ3) is 7.28. The Morgan fingerprint density at radius 3 is 2.31 bits per heavy atom. The summed E-state index contributed by atoms with van der Waals surface area (Å²) >= 11 is -1.86. The fourth-order valence-electron chi connectivity index (χ4n) is 5.80. The van der Waals surface area contributed by atoms with Gasteiger partial charge in [-0.1, -0.05) is 23.1 Å². The second-order valence-electron chi connectivity index (χ2n) is 13.1. The molecule has 4 heterocycles. The van der Waals surface area contributed by atoms with Crippen molar-refractivity contribution in [1.82, 2.24) is 19.5 Å². The Kier molecular flexibility index (Phi) is 10.3. The molecular weight excluding hydrogens is 850 g/mol. The van der Waals surface area contributed by atoms with Crippen LogP contribution in [-0.2, 0) is 39.8 Å². The van der Waals surface area contributed by atoms with Crippen molar-refractivity contribution in [3.05, 3.63) is 108 Å². The number of pyridine rings is 2. The number of nitrogens with zero attached hydrogens (tertiary/aromatic N) is 4. The molecule has 48 heavy (non-hydrogen) atoms. The molecule has 7 rings (SSSR count). The third-order valence-electron chi connectivity index (χ3n) is 8.01. The van der Waals surface area contributed by atoms with E-state index >= 15 is 0 Å². The first kappa shape index (κ1) is 35.5. The normalized spacial score (nSPS) is 12.0. The van der Waals surface area contributed by atoms with Crippen molar-refractivity contribution in [2.45, 2.75) is 43.7 Å². The molecule has 0 aliphatic heterocycles. The number of hydrogen-bond donors (Lipinski definition) is 0. The average molecular weight is 886 g/mol. The summed E-state index contributed by atoms with van der Waals surface area (Å²) < 4.78 is 48.1. The molecule has 0 saturated heterocycles. The van der Waals surface area contributed by atoms with Crippen LogP contribution in [-0.4, -0.2) is 32.8 Å². The molecule has 0 N–H and O–H groups in total. The summed E-state index contributed by atoms with van der Waals surface area (Å²) in [4.78, 5) is 13.0. The van der Waals surface area contributed by atoms with Crippen LogP contribution in [0, 0.1) is 18.1 Å². The number of alkyl halides is 3. The summed E-state index contributed by atoms with van der Waals surface area (Å²) in [6.45, 7) is 4.57. The Labute approximate surface area is 294 Å². The van der Waals surface area contributed by atoms with Crippen molar-refractivity contribution in [2.75, 3.05) is 0 Å². The molecule has 0 amide bonds. The van der Waals surface area contributed by atoms with E-state index in [-0.39, 0.29) is 25.8 Å². The molecule has 0 bridgehead atoms. The Bertz CT molecular complexity index is 2200. The predicted molar refractivity (Wildman–Crippen MR) is 185 cm³/mol. The van der Waals surface area contributed by atoms with Crippen LogP contribution in [0.15, 0.2) is 89.5 Å². The Morgan fingerprint density at radius 1 is 0.896 bits per heavy atom. The molecule has 4 aromatic heterocycles. The number of aromatic nitrogens is 4.